The summed E-state index contributed by atoms with van der Waals surface area (Å²) in [6.45, 7) is 7.53. The van der Waals surface area contributed by atoms with Gasteiger partial charge in [-0.3, -0.25) is 0 Å². The summed E-state index contributed by atoms with van der Waals surface area (Å²) in [5, 5.41) is 0. The molecule has 0 N–H and O–H groups in total. The molecule has 0 amide bonds. The van der Waals surface area contributed by atoms with Crippen molar-refractivity contribution in [3.8, 4) is 0 Å². The molecule has 0 fully saturated rings. The van der Waals surface area contributed by atoms with Crippen molar-refractivity contribution in [2.45, 2.75) is 65.1 Å². The summed E-state index contributed by atoms with van der Waals surface area (Å²) in [6.07, 6.45) is 0.144. The van der Waals surface area contributed by atoms with E-state index < -0.39 is 20.5 Å². The molecule has 0 saturated carbocycles. The van der Waals surface area contributed by atoms with Gasteiger partial charge in [0, 0.05) is 25.9 Å². The van der Waals surface area contributed by atoms with Gasteiger partial charge in [-0.2, -0.15) is 13.2 Å². The Bertz CT molecular complexity index is 492. The highest BCUT2D eigenvalue weighted by molar-refractivity contribution is 6.60. The Morgan fingerprint density at radius 2 is 1.42 bits per heavy atom. The average Bonchev–Trinajstić information content (AvgIpc) is 2.58. The maximum absolute atomic E-state index is 12.7. The maximum atomic E-state index is 12.7. The highest BCUT2D eigenvalue weighted by Gasteiger charge is 2.39. The summed E-state index contributed by atoms with van der Waals surface area (Å²) in [5.74, 6) is 0. The largest absolute Gasteiger partial charge is 0.500 e. The van der Waals surface area contributed by atoms with Crippen molar-refractivity contribution in [1.29, 1.82) is 0 Å². The van der Waals surface area contributed by atoms with Crippen LogP contribution in [0.2, 0.25) is 6.04 Å². The number of alkyl halides is 3. The SMILES string of the molecule is CCO[Si](CCCCCCc1cccc(C(F)(F)F)c1)(OCC)OCC. The van der Waals surface area contributed by atoms with Crippen LogP contribution < -0.4 is 0 Å². The normalized spacial score (nSPS) is 12.5. The van der Waals surface area contributed by atoms with Gasteiger partial charge in [0.05, 0.1) is 5.56 Å². The van der Waals surface area contributed by atoms with Crippen LogP contribution in [0, 0.1) is 0 Å². The summed E-state index contributed by atoms with van der Waals surface area (Å²) < 4.78 is 55.6. The minimum Gasteiger partial charge on any atom is -0.374 e. The summed E-state index contributed by atoms with van der Waals surface area (Å²) in [7, 11) is -2.57. The molecular formula is C19H31F3O3Si. The van der Waals surface area contributed by atoms with Crippen molar-refractivity contribution in [2.24, 2.45) is 0 Å². The number of halogens is 3. The van der Waals surface area contributed by atoms with Crippen molar-refractivity contribution in [3.63, 3.8) is 0 Å². The number of hydrogen-bond acceptors (Lipinski definition) is 3. The number of hydrogen-bond donors (Lipinski definition) is 0. The second kappa shape index (κ2) is 11.7. The number of aryl methyl sites for hydroxylation is 1. The Balaban J connectivity index is 2.37. The van der Waals surface area contributed by atoms with Gasteiger partial charge in [-0.05, 0) is 51.7 Å². The third-order valence-corrected chi connectivity index (χ3v) is 7.20. The highest BCUT2D eigenvalue weighted by atomic mass is 28.4. The minimum atomic E-state index is -4.28. The zero-order chi connectivity index (χ0) is 19.5. The molecule has 150 valence electrons. The van der Waals surface area contributed by atoms with Gasteiger partial charge in [-0.1, -0.05) is 31.0 Å². The van der Waals surface area contributed by atoms with Gasteiger partial charge >= 0.3 is 15.0 Å². The summed E-state index contributed by atoms with van der Waals surface area (Å²) in [6, 6.07) is 6.38. The van der Waals surface area contributed by atoms with Crippen molar-refractivity contribution < 1.29 is 26.4 Å². The quantitative estimate of drug-likeness (QED) is 0.311. The molecule has 0 aliphatic rings. The molecular weight excluding hydrogens is 361 g/mol. The van der Waals surface area contributed by atoms with E-state index in [0.29, 0.717) is 26.2 Å². The van der Waals surface area contributed by atoms with Crippen LogP contribution in [0.3, 0.4) is 0 Å². The lowest BCUT2D eigenvalue weighted by molar-refractivity contribution is -0.137. The summed E-state index contributed by atoms with van der Waals surface area (Å²) in [5.41, 5.74) is 0.164. The predicted molar refractivity (Wildman–Crippen MR) is 99.1 cm³/mol. The van der Waals surface area contributed by atoms with E-state index >= 15 is 0 Å². The standard InChI is InChI=1S/C19H31F3O3Si/c1-4-23-26(24-5-2,25-6-3)15-10-8-7-9-12-17-13-11-14-18(16-17)19(20,21)22/h11,13-14,16H,4-10,12,15H2,1-3H3. The second-order valence-electron chi connectivity index (χ2n) is 6.09. The van der Waals surface area contributed by atoms with Gasteiger partial charge in [0.15, 0.2) is 0 Å². The Kier molecular flexibility index (Phi) is 10.5. The van der Waals surface area contributed by atoms with Crippen LogP contribution in [0.25, 0.3) is 0 Å². The van der Waals surface area contributed by atoms with E-state index in [9.17, 15) is 13.2 Å². The van der Waals surface area contributed by atoms with Gasteiger partial charge in [0.25, 0.3) is 0 Å². The number of benzene rings is 1. The topological polar surface area (TPSA) is 27.7 Å². The Morgan fingerprint density at radius 1 is 0.846 bits per heavy atom. The van der Waals surface area contributed by atoms with Crippen molar-refractivity contribution >= 4 is 8.80 Å². The van der Waals surface area contributed by atoms with Crippen LogP contribution in [0.15, 0.2) is 24.3 Å². The Labute approximate surface area is 156 Å². The van der Waals surface area contributed by atoms with Crippen molar-refractivity contribution in [2.75, 3.05) is 19.8 Å². The first-order valence-electron chi connectivity index (χ1n) is 9.45. The second-order valence-corrected chi connectivity index (χ2v) is 8.83. The molecule has 3 nitrogen and oxygen atoms in total. The van der Waals surface area contributed by atoms with Crippen LogP contribution in [0.1, 0.15) is 57.6 Å². The molecule has 0 heterocycles. The van der Waals surface area contributed by atoms with E-state index in [2.05, 4.69) is 0 Å². The average molecular weight is 393 g/mol. The molecule has 1 aromatic rings. The molecule has 26 heavy (non-hydrogen) atoms. The smallest absolute Gasteiger partial charge is 0.374 e. The fraction of sp³-hybridized carbons (Fsp3) is 0.684. The lowest BCUT2D eigenvalue weighted by atomic mass is 10.0. The van der Waals surface area contributed by atoms with E-state index in [0.717, 1.165) is 43.4 Å². The lowest BCUT2D eigenvalue weighted by Gasteiger charge is -2.28. The van der Waals surface area contributed by atoms with Crippen LogP contribution in [0.5, 0.6) is 0 Å². The van der Waals surface area contributed by atoms with Crippen LogP contribution >= 0.6 is 0 Å². The first kappa shape index (κ1) is 23.1. The number of unbranched alkanes of at least 4 members (excludes halogenated alkanes) is 3. The molecule has 0 atom stereocenters. The van der Waals surface area contributed by atoms with E-state index in [1.165, 1.54) is 12.1 Å². The molecule has 0 aromatic heterocycles. The van der Waals surface area contributed by atoms with Crippen LogP contribution in [0.4, 0.5) is 13.2 Å². The molecule has 7 heteroatoms. The first-order chi connectivity index (χ1) is 12.4. The highest BCUT2D eigenvalue weighted by Crippen LogP contribution is 2.30. The monoisotopic (exact) mass is 392 g/mol. The third-order valence-electron chi connectivity index (χ3n) is 4.05. The molecule has 1 rings (SSSR count). The molecule has 0 spiro atoms. The van der Waals surface area contributed by atoms with E-state index in [1.807, 2.05) is 20.8 Å². The zero-order valence-corrected chi connectivity index (χ0v) is 17.0. The molecule has 0 radical (unpaired) electrons. The molecule has 1 aromatic carbocycles. The number of rotatable bonds is 13. The molecule has 0 bridgehead atoms. The van der Waals surface area contributed by atoms with Gasteiger partial charge in [0.2, 0.25) is 0 Å². The fourth-order valence-electron chi connectivity index (χ4n) is 2.93. The predicted octanol–water partition coefficient (Wildman–Crippen LogP) is 5.86. The molecule has 0 saturated heterocycles. The van der Waals surface area contributed by atoms with E-state index in [-0.39, 0.29) is 0 Å². The van der Waals surface area contributed by atoms with Gasteiger partial charge in [-0.15, -0.1) is 0 Å². The third kappa shape index (κ3) is 8.20. The summed E-state index contributed by atoms with van der Waals surface area (Å²) in [4.78, 5) is 0. The first-order valence-corrected chi connectivity index (χ1v) is 11.4. The van der Waals surface area contributed by atoms with Crippen molar-refractivity contribution in [1.82, 2.24) is 0 Å². The zero-order valence-electron chi connectivity index (χ0n) is 16.0. The van der Waals surface area contributed by atoms with E-state index in [1.54, 1.807) is 6.07 Å². The maximum Gasteiger partial charge on any atom is 0.500 e. The molecule has 0 aliphatic heterocycles. The van der Waals surface area contributed by atoms with Crippen LogP contribution in [-0.2, 0) is 25.9 Å². The lowest BCUT2D eigenvalue weighted by Crippen LogP contribution is -2.45. The van der Waals surface area contributed by atoms with Gasteiger partial charge in [0.1, 0.15) is 0 Å². The minimum absolute atomic E-state index is 0.571. The Morgan fingerprint density at radius 3 is 1.96 bits per heavy atom. The van der Waals surface area contributed by atoms with Crippen LogP contribution in [-0.4, -0.2) is 28.6 Å². The molecule has 0 unspecified atom stereocenters. The van der Waals surface area contributed by atoms with Gasteiger partial charge < -0.3 is 13.3 Å². The fourth-order valence-corrected chi connectivity index (χ4v) is 5.61. The van der Waals surface area contributed by atoms with E-state index in [4.69, 9.17) is 13.3 Å². The molecule has 0 aliphatic carbocycles. The summed E-state index contributed by atoms with van der Waals surface area (Å²) >= 11 is 0. The van der Waals surface area contributed by atoms with Crippen molar-refractivity contribution in [3.05, 3.63) is 35.4 Å². The van der Waals surface area contributed by atoms with Gasteiger partial charge in [-0.25, -0.2) is 0 Å². The Hall–Kier alpha value is -0.893.